The number of carbonyl (C=O) groups excluding carboxylic acids is 1. The molecule has 0 unspecified atom stereocenters. The van der Waals surface area contributed by atoms with Crippen molar-refractivity contribution in [3.8, 4) is 0 Å². The summed E-state index contributed by atoms with van der Waals surface area (Å²) in [6.45, 7) is 2.18. The van der Waals surface area contributed by atoms with Gasteiger partial charge < -0.3 is 20.3 Å². The predicted octanol–water partition coefficient (Wildman–Crippen LogP) is 1.43. The molecule has 0 radical (unpaired) electrons. The van der Waals surface area contributed by atoms with Crippen LogP contribution in [0.3, 0.4) is 0 Å². The molecule has 0 bridgehead atoms. The van der Waals surface area contributed by atoms with Crippen LogP contribution in [0.2, 0.25) is 0 Å². The number of hydrogen-bond donors (Lipinski definition) is 3. The number of carboxylic acids is 1. The normalized spacial score (nSPS) is 16.9. The Morgan fingerprint density at radius 2 is 2.10 bits per heavy atom. The molecule has 1 fully saturated rings. The van der Waals surface area contributed by atoms with Crippen LogP contribution in [-0.2, 0) is 11.3 Å². The van der Waals surface area contributed by atoms with E-state index in [0.29, 0.717) is 18.6 Å². The van der Waals surface area contributed by atoms with E-state index in [1.807, 2.05) is 0 Å². The number of nitrogens with one attached hydrogen (secondary N) is 2. The average Bonchev–Trinajstić information content (AvgIpc) is 3.03. The summed E-state index contributed by atoms with van der Waals surface area (Å²) in [5.74, 6) is -0.271. The molecule has 1 aliphatic carbocycles. The Balaban J connectivity index is 1.78. The third kappa shape index (κ3) is 3.28. The Labute approximate surface area is 116 Å². The maximum Gasteiger partial charge on any atom is 0.315 e. The van der Waals surface area contributed by atoms with Crippen molar-refractivity contribution in [2.24, 2.45) is 5.41 Å². The summed E-state index contributed by atoms with van der Waals surface area (Å²) in [4.78, 5) is 23.0. The molecule has 1 aromatic rings. The standard InChI is InChI=1S/C13H19N3O4/c1-9-6-10(20-16-9)7-14-12(19)15-8-13(11(17)18)4-2-3-5-13/h6H,2-5,7-8H2,1H3,(H,17,18)(H2,14,15,19). The second kappa shape index (κ2) is 5.94. The summed E-state index contributed by atoms with van der Waals surface area (Å²) < 4.78 is 4.96. The van der Waals surface area contributed by atoms with Crippen molar-refractivity contribution in [2.75, 3.05) is 6.54 Å². The predicted molar refractivity (Wildman–Crippen MR) is 70.0 cm³/mol. The quantitative estimate of drug-likeness (QED) is 0.757. The fourth-order valence-corrected chi connectivity index (χ4v) is 2.50. The number of urea groups is 1. The molecule has 20 heavy (non-hydrogen) atoms. The van der Waals surface area contributed by atoms with Crippen LogP contribution in [0.4, 0.5) is 4.79 Å². The first-order valence-electron chi connectivity index (χ1n) is 6.69. The molecule has 2 rings (SSSR count). The monoisotopic (exact) mass is 281 g/mol. The zero-order valence-electron chi connectivity index (χ0n) is 11.4. The molecule has 0 atom stereocenters. The Hall–Kier alpha value is -2.05. The van der Waals surface area contributed by atoms with Crippen LogP contribution in [0, 0.1) is 12.3 Å². The van der Waals surface area contributed by atoms with Gasteiger partial charge in [0.15, 0.2) is 5.76 Å². The Bertz CT molecular complexity index is 492. The highest BCUT2D eigenvalue weighted by molar-refractivity contribution is 5.78. The zero-order chi connectivity index (χ0) is 14.6. The minimum atomic E-state index is -0.832. The van der Waals surface area contributed by atoms with Crippen molar-refractivity contribution in [3.05, 3.63) is 17.5 Å². The van der Waals surface area contributed by atoms with E-state index in [9.17, 15) is 14.7 Å². The average molecular weight is 281 g/mol. The maximum absolute atomic E-state index is 11.7. The van der Waals surface area contributed by atoms with E-state index in [4.69, 9.17) is 4.52 Å². The Morgan fingerprint density at radius 3 is 2.65 bits per heavy atom. The van der Waals surface area contributed by atoms with Gasteiger partial charge in [0.2, 0.25) is 0 Å². The van der Waals surface area contributed by atoms with Crippen LogP contribution in [0.25, 0.3) is 0 Å². The molecule has 0 spiro atoms. The molecule has 0 aromatic carbocycles. The number of carboxylic acid groups (broad SMARTS) is 1. The molecule has 1 aromatic heterocycles. The minimum Gasteiger partial charge on any atom is -0.481 e. The number of carbonyl (C=O) groups is 2. The van der Waals surface area contributed by atoms with Crippen LogP contribution >= 0.6 is 0 Å². The molecule has 2 amide bonds. The lowest BCUT2D eigenvalue weighted by Crippen LogP contribution is -2.44. The number of aliphatic carboxylic acids is 1. The second-order valence-corrected chi connectivity index (χ2v) is 5.26. The zero-order valence-corrected chi connectivity index (χ0v) is 11.4. The van der Waals surface area contributed by atoms with Crippen molar-refractivity contribution < 1.29 is 19.2 Å². The van der Waals surface area contributed by atoms with Crippen LogP contribution in [0.15, 0.2) is 10.6 Å². The molecule has 7 nitrogen and oxygen atoms in total. The fourth-order valence-electron chi connectivity index (χ4n) is 2.50. The van der Waals surface area contributed by atoms with Gasteiger partial charge in [0.05, 0.1) is 17.7 Å². The van der Waals surface area contributed by atoms with Crippen molar-refractivity contribution in [1.29, 1.82) is 0 Å². The van der Waals surface area contributed by atoms with Crippen LogP contribution in [0.1, 0.15) is 37.1 Å². The van der Waals surface area contributed by atoms with Crippen LogP contribution < -0.4 is 10.6 Å². The number of aromatic nitrogens is 1. The van der Waals surface area contributed by atoms with Gasteiger partial charge in [-0.1, -0.05) is 18.0 Å². The summed E-state index contributed by atoms with van der Waals surface area (Å²) in [5.41, 5.74) is -0.0572. The number of nitrogens with zero attached hydrogens (tertiary/aromatic N) is 1. The third-order valence-corrected chi connectivity index (χ3v) is 3.70. The van der Waals surface area contributed by atoms with Gasteiger partial charge in [0, 0.05) is 12.6 Å². The van der Waals surface area contributed by atoms with Crippen LogP contribution in [0.5, 0.6) is 0 Å². The minimum absolute atomic E-state index is 0.156. The lowest BCUT2D eigenvalue weighted by molar-refractivity contribution is -0.148. The van der Waals surface area contributed by atoms with Gasteiger partial charge in [-0.3, -0.25) is 4.79 Å². The lowest BCUT2D eigenvalue weighted by atomic mass is 9.86. The van der Waals surface area contributed by atoms with E-state index in [0.717, 1.165) is 18.5 Å². The molecule has 3 N–H and O–H groups in total. The van der Waals surface area contributed by atoms with E-state index in [1.165, 1.54) is 0 Å². The summed E-state index contributed by atoms with van der Waals surface area (Å²) >= 11 is 0. The number of amides is 2. The molecular formula is C13H19N3O4. The Kier molecular flexibility index (Phi) is 4.26. The van der Waals surface area contributed by atoms with Crippen molar-refractivity contribution in [3.63, 3.8) is 0 Å². The summed E-state index contributed by atoms with van der Waals surface area (Å²) in [7, 11) is 0. The smallest absolute Gasteiger partial charge is 0.315 e. The van der Waals surface area contributed by atoms with E-state index in [2.05, 4.69) is 15.8 Å². The largest absolute Gasteiger partial charge is 0.481 e. The summed E-state index contributed by atoms with van der Waals surface area (Å²) in [6, 6.07) is 1.34. The molecule has 110 valence electrons. The van der Waals surface area contributed by atoms with Crippen molar-refractivity contribution in [1.82, 2.24) is 15.8 Å². The lowest BCUT2D eigenvalue weighted by Gasteiger charge is -2.23. The molecule has 0 saturated heterocycles. The summed E-state index contributed by atoms with van der Waals surface area (Å²) in [5, 5.41) is 18.3. The van der Waals surface area contributed by atoms with Gasteiger partial charge in [-0.15, -0.1) is 0 Å². The SMILES string of the molecule is Cc1cc(CNC(=O)NCC2(C(=O)O)CCCC2)on1. The van der Waals surface area contributed by atoms with E-state index >= 15 is 0 Å². The number of hydrogen-bond acceptors (Lipinski definition) is 4. The van der Waals surface area contributed by atoms with E-state index < -0.39 is 17.4 Å². The van der Waals surface area contributed by atoms with Gasteiger partial charge in [-0.05, 0) is 19.8 Å². The topological polar surface area (TPSA) is 104 Å². The maximum atomic E-state index is 11.7. The molecule has 0 aliphatic heterocycles. The molecule has 1 aliphatic rings. The molecular weight excluding hydrogens is 262 g/mol. The first-order chi connectivity index (χ1) is 9.52. The highest BCUT2D eigenvalue weighted by atomic mass is 16.5. The van der Waals surface area contributed by atoms with E-state index in [-0.39, 0.29) is 13.1 Å². The number of aryl methyl sites for hydroxylation is 1. The highest BCUT2D eigenvalue weighted by Gasteiger charge is 2.41. The molecule has 7 heteroatoms. The Morgan fingerprint density at radius 1 is 1.40 bits per heavy atom. The summed E-state index contributed by atoms with van der Waals surface area (Å²) in [6.07, 6.45) is 3.02. The molecule has 1 heterocycles. The third-order valence-electron chi connectivity index (χ3n) is 3.70. The number of rotatable bonds is 5. The van der Waals surface area contributed by atoms with Gasteiger partial charge in [-0.2, -0.15) is 0 Å². The van der Waals surface area contributed by atoms with Gasteiger partial charge in [0.1, 0.15) is 0 Å². The van der Waals surface area contributed by atoms with Gasteiger partial charge in [0.25, 0.3) is 0 Å². The van der Waals surface area contributed by atoms with Crippen molar-refractivity contribution in [2.45, 2.75) is 39.2 Å². The first kappa shape index (κ1) is 14.4. The van der Waals surface area contributed by atoms with Crippen LogP contribution in [-0.4, -0.2) is 28.8 Å². The van der Waals surface area contributed by atoms with E-state index in [1.54, 1.807) is 13.0 Å². The molecule has 1 saturated carbocycles. The van der Waals surface area contributed by atoms with Gasteiger partial charge >= 0.3 is 12.0 Å². The second-order valence-electron chi connectivity index (χ2n) is 5.26. The first-order valence-corrected chi connectivity index (χ1v) is 6.69. The van der Waals surface area contributed by atoms with Crippen molar-refractivity contribution >= 4 is 12.0 Å². The van der Waals surface area contributed by atoms with Gasteiger partial charge in [-0.25, -0.2) is 4.79 Å². The highest BCUT2D eigenvalue weighted by Crippen LogP contribution is 2.37. The fraction of sp³-hybridized carbons (Fsp3) is 0.615.